The molecule has 0 fully saturated rings. The highest BCUT2D eigenvalue weighted by atomic mass is 32.1. The van der Waals surface area contributed by atoms with Gasteiger partial charge in [-0.3, -0.25) is 4.79 Å². The second-order valence-electron chi connectivity index (χ2n) is 8.01. The first-order valence-electron chi connectivity index (χ1n) is 11.4. The van der Waals surface area contributed by atoms with Gasteiger partial charge in [0.2, 0.25) is 0 Å². The van der Waals surface area contributed by atoms with Crippen LogP contribution in [0.1, 0.15) is 54.8 Å². The Labute approximate surface area is 200 Å². The van der Waals surface area contributed by atoms with Crippen molar-refractivity contribution < 1.29 is 9.90 Å². The van der Waals surface area contributed by atoms with Crippen molar-refractivity contribution in [1.82, 2.24) is 0 Å². The van der Waals surface area contributed by atoms with E-state index in [0.29, 0.717) is 0 Å². The predicted molar refractivity (Wildman–Crippen MR) is 141 cm³/mol. The smallest absolute Gasteiger partial charge is 0.333 e. The van der Waals surface area contributed by atoms with Gasteiger partial charge in [0.25, 0.3) is 5.70 Å². The van der Waals surface area contributed by atoms with E-state index in [9.17, 15) is 4.79 Å². The Kier molecular flexibility index (Phi) is 8.86. The molecule has 33 heavy (non-hydrogen) atoms. The second-order valence-corrected chi connectivity index (χ2v) is 9.15. The molecule has 0 radical (unpaired) electrons. The number of rotatable bonds is 11. The molecule has 3 rings (SSSR count). The van der Waals surface area contributed by atoms with Gasteiger partial charge in [0.1, 0.15) is 0 Å². The lowest BCUT2D eigenvalue weighted by Crippen LogP contribution is -2.25. The quantitative estimate of drug-likeness (QED) is 0.235. The molecule has 0 spiro atoms. The van der Waals surface area contributed by atoms with Crippen LogP contribution in [0.2, 0.25) is 0 Å². The zero-order chi connectivity index (χ0) is 23.6. The Morgan fingerprint density at radius 1 is 0.970 bits per heavy atom. The number of unbranched alkanes of at least 4 members (excludes halogenated alkanes) is 2. The highest BCUT2D eigenvalue weighted by Gasteiger charge is 2.08. The van der Waals surface area contributed by atoms with Gasteiger partial charge in [-0.2, -0.15) is 0 Å². The van der Waals surface area contributed by atoms with Crippen molar-refractivity contribution in [2.45, 2.75) is 39.5 Å². The number of fused-ring (bicyclic) bond motifs is 1. The van der Waals surface area contributed by atoms with Crippen LogP contribution in [-0.2, 0) is 4.79 Å². The van der Waals surface area contributed by atoms with E-state index in [4.69, 9.17) is 11.7 Å². The van der Waals surface area contributed by atoms with Gasteiger partial charge in [-0.05, 0) is 71.7 Å². The average molecular weight is 459 g/mol. The molecular formula is C28H30N2O2S. The van der Waals surface area contributed by atoms with E-state index < -0.39 is 5.97 Å². The molecule has 2 aromatic carbocycles. The predicted octanol–water partition coefficient (Wildman–Crippen LogP) is 7.82. The first kappa shape index (κ1) is 24.3. The van der Waals surface area contributed by atoms with Crippen LogP contribution < -0.4 is 4.90 Å². The maximum atomic E-state index is 11.0. The summed E-state index contributed by atoms with van der Waals surface area (Å²) in [7, 11) is 0. The molecule has 0 bridgehead atoms. The number of anilines is 1. The highest BCUT2D eigenvalue weighted by Crippen LogP contribution is 2.26. The molecule has 0 saturated heterocycles. The highest BCUT2D eigenvalue weighted by molar-refractivity contribution is 7.13. The fraction of sp³-hybridized carbons (Fsp3) is 0.286. The van der Waals surface area contributed by atoms with Crippen molar-refractivity contribution in [1.29, 1.82) is 0 Å². The number of carboxylic acid groups (broad SMARTS) is 1. The summed E-state index contributed by atoms with van der Waals surface area (Å²) in [4.78, 5) is 18.3. The summed E-state index contributed by atoms with van der Waals surface area (Å²) in [5.41, 5.74) is 2.14. The van der Waals surface area contributed by atoms with Crippen LogP contribution in [0.5, 0.6) is 0 Å². The Bertz CT molecular complexity index is 1190. The molecule has 0 aliphatic carbocycles. The van der Waals surface area contributed by atoms with Gasteiger partial charge >= 0.3 is 5.97 Å². The standard InChI is InChI=1S/C28H30N2O2S/c1-4-6-16-30(17-7-5-2)24-12-11-22-18-21(8-10-23(22)19-24)9-13-25-14-15-26(33-25)20-27(29-3)28(31)32/h8-15,18-20H,4-7,16-17H2,1-2H3,(H,31,32)/b13-9+,27-20-. The van der Waals surface area contributed by atoms with E-state index in [-0.39, 0.29) is 5.70 Å². The van der Waals surface area contributed by atoms with Gasteiger partial charge in [-0.15, -0.1) is 11.3 Å². The molecule has 0 aliphatic heterocycles. The van der Waals surface area contributed by atoms with Crippen LogP contribution >= 0.6 is 11.3 Å². The molecule has 1 heterocycles. The van der Waals surface area contributed by atoms with Crippen LogP contribution in [0, 0.1) is 6.57 Å². The zero-order valence-electron chi connectivity index (χ0n) is 19.3. The fourth-order valence-corrected chi connectivity index (χ4v) is 4.46. The van der Waals surface area contributed by atoms with Gasteiger partial charge < -0.3 is 10.0 Å². The maximum Gasteiger partial charge on any atom is 0.333 e. The molecular weight excluding hydrogens is 428 g/mol. The Balaban J connectivity index is 1.76. The zero-order valence-corrected chi connectivity index (χ0v) is 20.1. The summed E-state index contributed by atoms with van der Waals surface area (Å²) in [6.45, 7) is 13.6. The Morgan fingerprint density at radius 3 is 2.30 bits per heavy atom. The van der Waals surface area contributed by atoms with Crippen LogP contribution in [0.25, 0.3) is 33.8 Å². The number of nitrogens with zero attached hydrogens (tertiary/aromatic N) is 2. The van der Waals surface area contributed by atoms with Crippen molar-refractivity contribution in [2.75, 3.05) is 18.0 Å². The molecule has 5 heteroatoms. The summed E-state index contributed by atoms with van der Waals surface area (Å²) in [5.74, 6) is -1.20. The number of carboxylic acids is 1. The van der Waals surface area contributed by atoms with Gasteiger partial charge in [0.15, 0.2) is 0 Å². The number of aliphatic carboxylic acids is 1. The number of hydrogen-bond acceptors (Lipinski definition) is 3. The van der Waals surface area contributed by atoms with Crippen molar-refractivity contribution in [3.8, 4) is 0 Å². The molecule has 1 N–H and O–H groups in total. The van der Waals surface area contributed by atoms with E-state index in [1.54, 1.807) is 0 Å². The van der Waals surface area contributed by atoms with Crippen molar-refractivity contribution in [2.24, 2.45) is 0 Å². The van der Waals surface area contributed by atoms with Crippen molar-refractivity contribution >= 4 is 52.0 Å². The average Bonchev–Trinajstić information content (AvgIpc) is 3.28. The summed E-state index contributed by atoms with van der Waals surface area (Å²) in [6, 6.07) is 17.0. The van der Waals surface area contributed by atoms with E-state index in [2.05, 4.69) is 66.1 Å². The molecule has 0 aliphatic rings. The third-order valence-corrected chi connectivity index (χ3v) is 6.48. The largest absolute Gasteiger partial charge is 0.486 e. The van der Waals surface area contributed by atoms with Crippen molar-refractivity contribution in [3.05, 3.63) is 81.0 Å². The van der Waals surface area contributed by atoms with Crippen LogP contribution in [-0.4, -0.2) is 24.2 Å². The third kappa shape index (κ3) is 6.81. The summed E-state index contributed by atoms with van der Waals surface area (Å²) < 4.78 is 0. The Hall–Kier alpha value is -3.36. The maximum absolute atomic E-state index is 11.0. The van der Waals surface area contributed by atoms with E-state index >= 15 is 0 Å². The molecule has 0 amide bonds. The number of benzene rings is 2. The molecule has 0 atom stereocenters. The van der Waals surface area contributed by atoms with E-state index in [1.165, 1.54) is 59.6 Å². The lowest BCUT2D eigenvalue weighted by molar-refractivity contribution is -0.132. The number of hydrogen-bond donors (Lipinski definition) is 1. The summed E-state index contributed by atoms with van der Waals surface area (Å²) in [6.07, 6.45) is 10.3. The number of thiophene rings is 1. The van der Waals surface area contributed by atoms with Crippen LogP contribution in [0.15, 0.2) is 54.2 Å². The molecule has 170 valence electrons. The van der Waals surface area contributed by atoms with Crippen molar-refractivity contribution in [3.63, 3.8) is 0 Å². The summed E-state index contributed by atoms with van der Waals surface area (Å²) >= 11 is 1.46. The minimum atomic E-state index is -1.20. The van der Waals surface area contributed by atoms with E-state index in [0.717, 1.165) is 28.4 Å². The SMILES string of the molecule is [C-]#[N+]/C(=C\c1ccc(/C=C/c2ccc3cc(N(CCCC)CCCC)ccc3c2)s1)C(=O)O. The monoisotopic (exact) mass is 458 g/mol. The molecule has 1 aromatic heterocycles. The first-order valence-corrected chi connectivity index (χ1v) is 12.2. The van der Waals surface area contributed by atoms with Gasteiger partial charge in [0.05, 0.1) is 6.57 Å². The minimum Gasteiger partial charge on any atom is -0.486 e. The van der Waals surface area contributed by atoms with Crippen LogP contribution in [0.3, 0.4) is 0 Å². The topological polar surface area (TPSA) is 44.9 Å². The van der Waals surface area contributed by atoms with Gasteiger partial charge in [0, 0.05) is 28.5 Å². The van der Waals surface area contributed by atoms with Crippen LogP contribution in [0.4, 0.5) is 5.69 Å². The third-order valence-electron chi connectivity index (χ3n) is 5.48. The lowest BCUT2D eigenvalue weighted by atomic mass is 10.0. The molecule has 0 unspecified atom stereocenters. The second kappa shape index (κ2) is 12.0. The number of carbonyl (C=O) groups is 1. The fourth-order valence-electron chi connectivity index (χ4n) is 3.61. The van der Waals surface area contributed by atoms with Gasteiger partial charge in [-0.1, -0.05) is 51.0 Å². The molecule has 3 aromatic rings. The Morgan fingerprint density at radius 2 is 1.64 bits per heavy atom. The first-order chi connectivity index (χ1) is 16.0. The molecule has 0 saturated carbocycles. The summed E-state index contributed by atoms with van der Waals surface area (Å²) in [5, 5.41) is 11.5. The molecule has 4 nitrogen and oxygen atoms in total. The van der Waals surface area contributed by atoms with Gasteiger partial charge in [-0.25, -0.2) is 4.85 Å². The lowest BCUT2D eigenvalue weighted by Gasteiger charge is -2.25. The van der Waals surface area contributed by atoms with E-state index in [1.807, 2.05) is 18.2 Å². The minimum absolute atomic E-state index is 0.274. The normalized spacial score (nSPS) is 11.7.